The molecular formula is C30H34ClFN2O2S. The molecule has 3 aromatic rings. The maximum absolute atomic E-state index is 14.3. The first-order valence-electron chi connectivity index (χ1n) is 12.5. The van der Waals surface area contributed by atoms with Crippen molar-refractivity contribution >= 4 is 35.2 Å². The second-order valence-electron chi connectivity index (χ2n) is 9.16. The minimum atomic E-state index is -0.693. The van der Waals surface area contributed by atoms with E-state index in [2.05, 4.69) is 5.32 Å². The molecule has 0 radical (unpaired) electrons. The molecule has 0 fully saturated rings. The lowest BCUT2D eigenvalue weighted by Crippen LogP contribution is -2.52. The normalized spacial score (nSPS) is 12.6. The third-order valence-corrected chi connectivity index (χ3v) is 7.71. The summed E-state index contributed by atoms with van der Waals surface area (Å²) in [6.07, 6.45) is 1.18. The van der Waals surface area contributed by atoms with E-state index in [4.69, 9.17) is 11.6 Å². The molecular weight excluding hydrogens is 507 g/mol. The summed E-state index contributed by atoms with van der Waals surface area (Å²) in [5.74, 6) is -0.390. The fourth-order valence-corrected chi connectivity index (χ4v) is 5.21. The van der Waals surface area contributed by atoms with E-state index in [1.54, 1.807) is 17.0 Å². The molecule has 2 atom stereocenters. The van der Waals surface area contributed by atoms with Gasteiger partial charge in [-0.05, 0) is 49.1 Å². The van der Waals surface area contributed by atoms with Gasteiger partial charge in [0.25, 0.3) is 0 Å². The van der Waals surface area contributed by atoms with E-state index in [0.29, 0.717) is 23.6 Å². The van der Waals surface area contributed by atoms with E-state index < -0.39 is 6.04 Å². The highest BCUT2D eigenvalue weighted by Gasteiger charge is 2.31. The molecule has 0 saturated carbocycles. The molecule has 1 N–H and O–H groups in total. The van der Waals surface area contributed by atoms with Crippen molar-refractivity contribution in [3.8, 4) is 0 Å². The van der Waals surface area contributed by atoms with Gasteiger partial charge in [0.2, 0.25) is 11.8 Å². The van der Waals surface area contributed by atoms with Crippen molar-refractivity contribution in [2.24, 2.45) is 0 Å². The van der Waals surface area contributed by atoms with Crippen molar-refractivity contribution in [2.75, 3.05) is 5.75 Å². The van der Waals surface area contributed by atoms with Crippen LogP contribution in [0.4, 0.5) is 4.39 Å². The molecule has 0 aliphatic carbocycles. The minimum absolute atomic E-state index is 0.0150. The number of aryl methyl sites for hydroxylation is 1. The van der Waals surface area contributed by atoms with Crippen LogP contribution >= 0.6 is 23.4 Å². The number of carbonyl (C=O) groups is 2. The molecule has 0 bridgehead atoms. The lowest BCUT2D eigenvalue weighted by molar-refractivity contribution is -0.139. The Kier molecular flexibility index (Phi) is 11.0. The van der Waals surface area contributed by atoms with Crippen LogP contribution in [0.25, 0.3) is 0 Å². The van der Waals surface area contributed by atoms with E-state index in [0.717, 1.165) is 23.1 Å². The number of carbonyl (C=O) groups excluding carboxylic acids is 2. The van der Waals surface area contributed by atoms with Crippen LogP contribution < -0.4 is 5.32 Å². The Bertz CT molecular complexity index is 1170. The molecule has 3 rings (SSSR count). The fraction of sp³-hybridized carbons (Fsp3) is 0.333. The first-order chi connectivity index (χ1) is 17.8. The highest BCUT2D eigenvalue weighted by atomic mass is 35.5. The van der Waals surface area contributed by atoms with Gasteiger partial charge in [-0.2, -0.15) is 0 Å². The maximum Gasteiger partial charge on any atom is 0.243 e. The van der Waals surface area contributed by atoms with Gasteiger partial charge in [0.15, 0.2) is 0 Å². The van der Waals surface area contributed by atoms with E-state index in [1.807, 2.05) is 75.4 Å². The lowest BCUT2D eigenvalue weighted by Gasteiger charge is -2.32. The van der Waals surface area contributed by atoms with Crippen molar-refractivity contribution in [3.05, 3.63) is 106 Å². The fourth-order valence-electron chi connectivity index (χ4n) is 3.96. The molecule has 3 aromatic carbocycles. The van der Waals surface area contributed by atoms with Gasteiger partial charge >= 0.3 is 0 Å². The molecule has 0 spiro atoms. The average Bonchev–Trinajstić information content (AvgIpc) is 2.89. The van der Waals surface area contributed by atoms with E-state index in [1.165, 1.54) is 17.8 Å². The van der Waals surface area contributed by atoms with Crippen molar-refractivity contribution in [1.82, 2.24) is 10.2 Å². The van der Waals surface area contributed by atoms with Crippen LogP contribution in [0, 0.1) is 12.7 Å². The van der Waals surface area contributed by atoms with E-state index >= 15 is 0 Å². The van der Waals surface area contributed by atoms with Crippen LogP contribution in [0.5, 0.6) is 0 Å². The van der Waals surface area contributed by atoms with Gasteiger partial charge in [0, 0.05) is 35.3 Å². The molecule has 0 heterocycles. The number of rotatable bonds is 12. The monoisotopic (exact) mass is 540 g/mol. The van der Waals surface area contributed by atoms with Crippen LogP contribution in [0.2, 0.25) is 5.02 Å². The molecule has 0 aliphatic rings. The zero-order valence-electron chi connectivity index (χ0n) is 21.5. The summed E-state index contributed by atoms with van der Waals surface area (Å²) in [7, 11) is 0. The Morgan fingerprint density at radius 2 is 1.73 bits per heavy atom. The predicted molar refractivity (Wildman–Crippen MR) is 151 cm³/mol. The first-order valence-corrected chi connectivity index (χ1v) is 14.0. The largest absolute Gasteiger partial charge is 0.352 e. The molecule has 2 amide bonds. The van der Waals surface area contributed by atoms with E-state index in [-0.39, 0.29) is 35.2 Å². The molecule has 0 aromatic heterocycles. The van der Waals surface area contributed by atoms with Crippen LogP contribution in [-0.2, 0) is 28.3 Å². The highest BCUT2D eigenvalue weighted by molar-refractivity contribution is 7.99. The molecule has 37 heavy (non-hydrogen) atoms. The number of benzene rings is 3. The summed E-state index contributed by atoms with van der Waals surface area (Å²) in [5, 5.41) is 3.42. The van der Waals surface area contributed by atoms with Crippen molar-refractivity contribution in [3.63, 3.8) is 0 Å². The van der Waals surface area contributed by atoms with Gasteiger partial charge in [-0.15, -0.1) is 11.8 Å². The molecule has 7 heteroatoms. The van der Waals surface area contributed by atoms with Crippen molar-refractivity contribution < 1.29 is 14.0 Å². The number of nitrogens with one attached hydrogen (secondary N) is 1. The van der Waals surface area contributed by atoms with Gasteiger partial charge in [-0.1, -0.05) is 79.2 Å². The Labute approximate surface area is 228 Å². The Hall–Kier alpha value is -2.83. The summed E-state index contributed by atoms with van der Waals surface area (Å²) in [5.41, 5.74) is 3.38. The summed E-state index contributed by atoms with van der Waals surface area (Å²) < 4.78 is 14.3. The number of amides is 2. The minimum Gasteiger partial charge on any atom is -0.352 e. The van der Waals surface area contributed by atoms with Gasteiger partial charge in [0.05, 0.1) is 5.75 Å². The quantitative estimate of drug-likeness (QED) is 0.282. The maximum atomic E-state index is 14.3. The zero-order chi connectivity index (χ0) is 26.8. The second kappa shape index (κ2) is 14.2. The topological polar surface area (TPSA) is 49.4 Å². The molecule has 0 aliphatic heterocycles. The van der Waals surface area contributed by atoms with Gasteiger partial charge in [0.1, 0.15) is 11.9 Å². The standard InChI is InChI=1S/C30H34ClFN2O2S/c1-4-22(3)33-30(36)28(17-23-12-6-5-7-13-23)34(18-24-14-9-8-11-21(24)2)29(35)20-37-19-25-26(31)15-10-16-27(25)32/h5-16,22,28H,4,17-20H2,1-3H3,(H,33,36). The highest BCUT2D eigenvalue weighted by Crippen LogP contribution is 2.25. The lowest BCUT2D eigenvalue weighted by atomic mass is 10.0. The van der Waals surface area contributed by atoms with Crippen LogP contribution in [-0.4, -0.2) is 34.6 Å². The number of hydrogen-bond donors (Lipinski definition) is 1. The Morgan fingerprint density at radius 1 is 1.03 bits per heavy atom. The van der Waals surface area contributed by atoms with Crippen LogP contribution in [0.3, 0.4) is 0 Å². The van der Waals surface area contributed by atoms with Crippen molar-refractivity contribution in [1.29, 1.82) is 0 Å². The number of halogens is 2. The summed E-state index contributed by atoms with van der Waals surface area (Å²) in [6.45, 7) is 6.27. The van der Waals surface area contributed by atoms with Gasteiger partial charge in [-0.3, -0.25) is 9.59 Å². The molecule has 2 unspecified atom stereocenters. The Morgan fingerprint density at radius 3 is 2.41 bits per heavy atom. The predicted octanol–water partition coefficient (Wildman–Crippen LogP) is 6.58. The van der Waals surface area contributed by atoms with Gasteiger partial charge < -0.3 is 10.2 Å². The van der Waals surface area contributed by atoms with Crippen molar-refractivity contribution in [2.45, 2.75) is 58.0 Å². The summed E-state index contributed by atoms with van der Waals surface area (Å²) in [4.78, 5) is 28.9. The molecule has 0 saturated heterocycles. The third-order valence-electron chi connectivity index (χ3n) is 6.41. The van der Waals surface area contributed by atoms with Crippen LogP contribution in [0.1, 0.15) is 42.5 Å². The summed E-state index contributed by atoms with van der Waals surface area (Å²) >= 11 is 7.47. The SMILES string of the molecule is CCC(C)NC(=O)C(Cc1ccccc1)N(Cc1ccccc1C)C(=O)CSCc1c(F)cccc1Cl. The third kappa shape index (κ3) is 8.34. The molecule has 196 valence electrons. The molecule has 4 nitrogen and oxygen atoms in total. The number of hydrogen-bond acceptors (Lipinski definition) is 3. The summed E-state index contributed by atoms with van der Waals surface area (Å²) in [6, 6.07) is 21.5. The average molecular weight is 541 g/mol. The first kappa shape index (κ1) is 28.7. The number of nitrogens with zero attached hydrogens (tertiary/aromatic N) is 1. The zero-order valence-corrected chi connectivity index (χ0v) is 23.1. The number of thioether (sulfide) groups is 1. The Balaban J connectivity index is 1.89. The smallest absolute Gasteiger partial charge is 0.243 e. The van der Waals surface area contributed by atoms with E-state index in [9.17, 15) is 14.0 Å². The van der Waals surface area contributed by atoms with Crippen LogP contribution in [0.15, 0.2) is 72.8 Å². The van der Waals surface area contributed by atoms with Gasteiger partial charge in [-0.25, -0.2) is 4.39 Å². The second-order valence-corrected chi connectivity index (χ2v) is 10.6.